The highest BCUT2D eigenvalue weighted by molar-refractivity contribution is 5.77. The largest absolute Gasteiger partial charge is 0.353 e. The highest BCUT2D eigenvalue weighted by Gasteiger charge is 2.40. The van der Waals surface area contributed by atoms with Gasteiger partial charge in [0.2, 0.25) is 5.91 Å². The summed E-state index contributed by atoms with van der Waals surface area (Å²) in [5, 5.41) is 0. The number of piperazine rings is 1. The average molecular weight is 299 g/mol. The zero-order valence-electron chi connectivity index (χ0n) is 13.2. The van der Waals surface area contributed by atoms with Crippen LogP contribution in [0.2, 0.25) is 0 Å². The maximum Gasteiger partial charge on any atom is 0.222 e. The highest BCUT2D eigenvalue weighted by atomic mass is 16.2. The van der Waals surface area contributed by atoms with Crippen molar-refractivity contribution in [2.24, 2.45) is 17.8 Å². The second-order valence-electron chi connectivity index (χ2n) is 7.19. The molecule has 22 heavy (non-hydrogen) atoms. The fourth-order valence-corrected chi connectivity index (χ4v) is 4.71. The zero-order chi connectivity index (χ0) is 14.9. The van der Waals surface area contributed by atoms with Gasteiger partial charge in [-0.2, -0.15) is 0 Å². The highest BCUT2D eigenvalue weighted by Crippen LogP contribution is 2.49. The Morgan fingerprint density at radius 1 is 1.14 bits per heavy atom. The van der Waals surface area contributed by atoms with Crippen LogP contribution in [0.3, 0.4) is 0 Å². The summed E-state index contributed by atoms with van der Waals surface area (Å²) in [6.07, 6.45) is 8.12. The molecular weight excluding hydrogens is 274 g/mol. The Bertz CT molecular complexity index is 524. The van der Waals surface area contributed by atoms with Crippen molar-refractivity contribution in [3.8, 4) is 0 Å². The third-order valence-corrected chi connectivity index (χ3v) is 5.93. The van der Waals surface area contributed by atoms with Gasteiger partial charge in [0.1, 0.15) is 5.82 Å². The Kier molecular flexibility index (Phi) is 3.77. The van der Waals surface area contributed by atoms with E-state index in [4.69, 9.17) is 0 Å². The molecule has 1 aliphatic heterocycles. The first-order valence-corrected chi connectivity index (χ1v) is 8.73. The first kappa shape index (κ1) is 14.0. The maximum atomic E-state index is 12.6. The molecule has 118 valence electrons. The summed E-state index contributed by atoms with van der Waals surface area (Å²) in [7, 11) is 0. The van der Waals surface area contributed by atoms with E-state index in [1.54, 1.807) is 0 Å². The number of anilines is 1. The minimum Gasteiger partial charge on any atom is -0.353 e. The summed E-state index contributed by atoms with van der Waals surface area (Å²) in [6.45, 7) is 3.49. The van der Waals surface area contributed by atoms with Gasteiger partial charge in [-0.25, -0.2) is 4.98 Å². The molecule has 1 aromatic rings. The second-order valence-corrected chi connectivity index (χ2v) is 7.19. The summed E-state index contributed by atoms with van der Waals surface area (Å²) in [5.74, 6) is 3.88. The van der Waals surface area contributed by atoms with Gasteiger partial charge in [-0.1, -0.05) is 12.5 Å². The normalized spacial score (nSPS) is 30.8. The second kappa shape index (κ2) is 5.90. The van der Waals surface area contributed by atoms with E-state index in [0.717, 1.165) is 50.3 Å². The van der Waals surface area contributed by atoms with E-state index >= 15 is 0 Å². The number of hydrogen-bond donors (Lipinski definition) is 0. The van der Waals surface area contributed by atoms with Gasteiger partial charge in [-0.05, 0) is 49.1 Å². The molecule has 3 aliphatic rings. The quantitative estimate of drug-likeness (QED) is 0.860. The van der Waals surface area contributed by atoms with Crippen LogP contribution in [0.15, 0.2) is 24.4 Å². The monoisotopic (exact) mass is 299 g/mol. The molecule has 0 aromatic carbocycles. The molecule has 3 fully saturated rings. The molecule has 1 aromatic heterocycles. The number of hydrogen-bond acceptors (Lipinski definition) is 3. The smallest absolute Gasteiger partial charge is 0.222 e. The van der Waals surface area contributed by atoms with Crippen LogP contribution in [0.5, 0.6) is 0 Å². The van der Waals surface area contributed by atoms with Gasteiger partial charge in [0.15, 0.2) is 0 Å². The van der Waals surface area contributed by atoms with Crippen molar-refractivity contribution in [2.75, 3.05) is 31.1 Å². The van der Waals surface area contributed by atoms with Crippen molar-refractivity contribution in [2.45, 2.75) is 32.1 Å². The molecule has 0 spiro atoms. The number of aromatic nitrogens is 1. The van der Waals surface area contributed by atoms with E-state index in [1.807, 2.05) is 24.4 Å². The van der Waals surface area contributed by atoms with Crippen LogP contribution in [-0.2, 0) is 4.79 Å². The van der Waals surface area contributed by atoms with Gasteiger partial charge in [-0.15, -0.1) is 0 Å². The van der Waals surface area contributed by atoms with Gasteiger partial charge in [-0.3, -0.25) is 4.79 Å². The first-order chi connectivity index (χ1) is 10.8. The Labute approximate surface area is 132 Å². The third-order valence-electron chi connectivity index (χ3n) is 5.93. The molecule has 4 rings (SSSR count). The fraction of sp³-hybridized carbons (Fsp3) is 0.667. The Hall–Kier alpha value is -1.58. The molecule has 3 atom stereocenters. The van der Waals surface area contributed by atoms with Crippen LogP contribution in [-0.4, -0.2) is 42.0 Å². The summed E-state index contributed by atoms with van der Waals surface area (Å²) >= 11 is 0. The molecule has 2 bridgehead atoms. The number of rotatable bonds is 3. The SMILES string of the molecule is O=C(CC1CC2CCC1C2)N1CCN(c2ccccn2)CC1. The molecule has 4 heteroatoms. The van der Waals surface area contributed by atoms with Crippen LogP contribution in [0.1, 0.15) is 32.1 Å². The zero-order valence-corrected chi connectivity index (χ0v) is 13.2. The van der Waals surface area contributed by atoms with Gasteiger partial charge in [0.05, 0.1) is 0 Å². The summed E-state index contributed by atoms with van der Waals surface area (Å²) < 4.78 is 0. The van der Waals surface area contributed by atoms with Crippen LogP contribution in [0.4, 0.5) is 5.82 Å². The van der Waals surface area contributed by atoms with E-state index in [1.165, 1.54) is 25.7 Å². The Balaban J connectivity index is 1.29. The predicted octanol–water partition coefficient (Wildman–Crippen LogP) is 2.56. The molecule has 0 N–H and O–H groups in total. The third kappa shape index (κ3) is 2.71. The predicted molar refractivity (Wildman–Crippen MR) is 86.6 cm³/mol. The number of amides is 1. The lowest BCUT2D eigenvalue weighted by atomic mass is 9.86. The summed E-state index contributed by atoms with van der Waals surface area (Å²) in [4.78, 5) is 21.3. The molecule has 3 unspecified atom stereocenters. The van der Waals surface area contributed by atoms with Gasteiger partial charge >= 0.3 is 0 Å². The minimum atomic E-state index is 0.387. The lowest BCUT2D eigenvalue weighted by molar-refractivity contribution is -0.132. The molecule has 0 radical (unpaired) electrons. The average Bonchev–Trinajstić information content (AvgIpc) is 3.19. The molecular formula is C18H25N3O. The van der Waals surface area contributed by atoms with E-state index in [2.05, 4.69) is 14.8 Å². The van der Waals surface area contributed by atoms with Crippen molar-refractivity contribution in [1.29, 1.82) is 0 Å². The summed E-state index contributed by atoms with van der Waals surface area (Å²) in [5.41, 5.74) is 0. The molecule has 2 aliphatic carbocycles. The van der Waals surface area contributed by atoms with E-state index < -0.39 is 0 Å². The van der Waals surface area contributed by atoms with Gasteiger partial charge in [0.25, 0.3) is 0 Å². The van der Waals surface area contributed by atoms with Crippen molar-refractivity contribution < 1.29 is 4.79 Å². The number of carbonyl (C=O) groups excluding carboxylic acids is 1. The lowest BCUT2D eigenvalue weighted by Crippen LogP contribution is -2.49. The van der Waals surface area contributed by atoms with E-state index in [-0.39, 0.29) is 0 Å². The first-order valence-electron chi connectivity index (χ1n) is 8.73. The van der Waals surface area contributed by atoms with Crippen molar-refractivity contribution in [3.05, 3.63) is 24.4 Å². The standard InChI is InChI=1S/C18H25N3O/c22-18(13-16-12-14-4-5-15(16)11-14)21-9-7-20(8-10-21)17-3-1-2-6-19-17/h1-3,6,14-16H,4-5,7-13H2. The van der Waals surface area contributed by atoms with Crippen molar-refractivity contribution in [3.63, 3.8) is 0 Å². The van der Waals surface area contributed by atoms with Crippen LogP contribution in [0, 0.1) is 17.8 Å². The van der Waals surface area contributed by atoms with E-state index in [9.17, 15) is 4.79 Å². The molecule has 1 saturated heterocycles. The minimum absolute atomic E-state index is 0.387. The number of fused-ring (bicyclic) bond motifs is 2. The molecule has 1 amide bonds. The van der Waals surface area contributed by atoms with Crippen LogP contribution < -0.4 is 4.90 Å². The Morgan fingerprint density at radius 3 is 2.64 bits per heavy atom. The van der Waals surface area contributed by atoms with Crippen molar-refractivity contribution >= 4 is 11.7 Å². The Morgan fingerprint density at radius 2 is 2.00 bits per heavy atom. The van der Waals surface area contributed by atoms with Gasteiger partial charge in [0, 0.05) is 38.8 Å². The molecule has 2 saturated carbocycles. The lowest BCUT2D eigenvalue weighted by Gasteiger charge is -2.36. The number of nitrogens with zero attached hydrogens (tertiary/aromatic N) is 3. The van der Waals surface area contributed by atoms with Crippen LogP contribution in [0.25, 0.3) is 0 Å². The topological polar surface area (TPSA) is 36.4 Å². The van der Waals surface area contributed by atoms with Crippen molar-refractivity contribution in [1.82, 2.24) is 9.88 Å². The fourth-order valence-electron chi connectivity index (χ4n) is 4.71. The molecule has 2 heterocycles. The molecule has 4 nitrogen and oxygen atoms in total. The number of carbonyl (C=O) groups is 1. The van der Waals surface area contributed by atoms with E-state index in [0.29, 0.717) is 11.8 Å². The maximum absolute atomic E-state index is 12.6. The van der Waals surface area contributed by atoms with Crippen LogP contribution >= 0.6 is 0 Å². The van der Waals surface area contributed by atoms with Gasteiger partial charge < -0.3 is 9.80 Å². The number of pyridine rings is 1. The summed E-state index contributed by atoms with van der Waals surface area (Å²) in [6, 6.07) is 6.01.